The van der Waals surface area contributed by atoms with Gasteiger partial charge >= 0.3 is 0 Å². The molecule has 0 radical (unpaired) electrons. The number of rotatable bonds is 10. The number of nitrogens with one attached hydrogen (secondary N) is 1. The van der Waals surface area contributed by atoms with Gasteiger partial charge in [-0.2, -0.15) is 0 Å². The number of amides is 1. The van der Waals surface area contributed by atoms with Crippen molar-refractivity contribution in [1.29, 1.82) is 0 Å². The van der Waals surface area contributed by atoms with E-state index in [-0.39, 0.29) is 5.91 Å². The summed E-state index contributed by atoms with van der Waals surface area (Å²) in [5.74, 6) is 1.54. The van der Waals surface area contributed by atoms with Crippen molar-refractivity contribution in [3.8, 4) is 5.75 Å². The second-order valence-electron chi connectivity index (χ2n) is 7.49. The molecule has 4 heteroatoms. The number of ether oxygens (including phenoxy) is 2. The molecule has 0 aliphatic carbocycles. The molecule has 142 valence electrons. The first kappa shape index (κ1) is 21.5. The summed E-state index contributed by atoms with van der Waals surface area (Å²) in [5, 5.41) is 3.07. The van der Waals surface area contributed by atoms with Gasteiger partial charge in [0.05, 0.1) is 6.61 Å². The summed E-state index contributed by atoms with van der Waals surface area (Å²) in [6, 6.07) is 5.74. The molecule has 0 aromatic heterocycles. The molecule has 1 aromatic rings. The van der Waals surface area contributed by atoms with Crippen molar-refractivity contribution >= 4 is 11.6 Å². The minimum absolute atomic E-state index is 0.0553. The summed E-state index contributed by atoms with van der Waals surface area (Å²) in [6.45, 7) is 15.6. The Kier molecular flexibility index (Phi) is 8.43. The van der Waals surface area contributed by atoms with Crippen LogP contribution in [-0.2, 0) is 9.53 Å². The summed E-state index contributed by atoms with van der Waals surface area (Å²) >= 11 is 0. The summed E-state index contributed by atoms with van der Waals surface area (Å²) < 4.78 is 11.6. The molecule has 1 amide bonds. The number of carbonyl (C=O) groups excluding carboxylic acids is 1. The lowest BCUT2D eigenvalue weighted by atomic mass is 9.83. The van der Waals surface area contributed by atoms with Gasteiger partial charge in [-0.05, 0) is 69.2 Å². The topological polar surface area (TPSA) is 47.6 Å². The van der Waals surface area contributed by atoms with Crippen LogP contribution in [0.15, 0.2) is 18.2 Å². The van der Waals surface area contributed by atoms with Crippen LogP contribution in [0.5, 0.6) is 5.75 Å². The number of carbonyl (C=O) groups is 1. The zero-order valence-electron chi connectivity index (χ0n) is 16.9. The molecular weight excluding hydrogens is 314 g/mol. The second-order valence-corrected chi connectivity index (χ2v) is 7.49. The number of anilines is 1. The van der Waals surface area contributed by atoms with E-state index in [1.165, 1.54) is 0 Å². The molecule has 0 saturated heterocycles. The van der Waals surface area contributed by atoms with Crippen molar-refractivity contribution in [2.24, 2.45) is 11.8 Å². The van der Waals surface area contributed by atoms with Crippen LogP contribution in [0, 0.1) is 18.8 Å². The first-order valence-electron chi connectivity index (χ1n) is 9.42. The zero-order valence-corrected chi connectivity index (χ0v) is 16.9. The van der Waals surface area contributed by atoms with E-state index in [4.69, 9.17) is 9.47 Å². The number of hydrogen-bond donors (Lipinski definition) is 1. The normalized spacial score (nSPS) is 11.9. The fourth-order valence-corrected chi connectivity index (χ4v) is 3.34. The van der Waals surface area contributed by atoms with Gasteiger partial charge in [0.25, 0.3) is 5.91 Å². The van der Waals surface area contributed by atoms with Crippen LogP contribution in [-0.4, -0.2) is 24.7 Å². The molecule has 0 atom stereocenters. The van der Waals surface area contributed by atoms with Gasteiger partial charge in [0.15, 0.2) is 0 Å². The molecule has 1 aromatic carbocycles. The minimum atomic E-state index is -0.788. The quantitative estimate of drug-likeness (QED) is 0.631. The highest BCUT2D eigenvalue weighted by molar-refractivity contribution is 5.97. The van der Waals surface area contributed by atoms with E-state index in [2.05, 4.69) is 33.0 Å². The molecule has 0 aliphatic rings. The van der Waals surface area contributed by atoms with Crippen molar-refractivity contribution in [3.05, 3.63) is 23.8 Å². The summed E-state index contributed by atoms with van der Waals surface area (Å²) in [5.41, 5.74) is 1.00. The van der Waals surface area contributed by atoms with Crippen LogP contribution >= 0.6 is 0 Å². The van der Waals surface area contributed by atoms with E-state index in [9.17, 15) is 4.79 Å². The predicted molar refractivity (Wildman–Crippen MR) is 104 cm³/mol. The molecule has 0 bridgehead atoms. The largest absolute Gasteiger partial charge is 0.494 e. The third-order valence-electron chi connectivity index (χ3n) is 4.04. The average molecular weight is 350 g/mol. The molecule has 4 nitrogen and oxygen atoms in total. The lowest BCUT2D eigenvalue weighted by molar-refractivity contribution is -0.146. The smallest absolute Gasteiger partial charge is 0.256 e. The van der Waals surface area contributed by atoms with Crippen LogP contribution in [0.4, 0.5) is 5.69 Å². The third kappa shape index (κ3) is 6.35. The highest BCUT2D eigenvalue weighted by Gasteiger charge is 2.40. The van der Waals surface area contributed by atoms with Gasteiger partial charge in [-0.3, -0.25) is 4.79 Å². The van der Waals surface area contributed by atoms with Gasteiger partial charge in [-0.15, -0.1) is 0 Å². The van der Waals surface area contributed by atoms with Crippen LogP contribution in [0.3, 0.4) is 0 Å². The molecule has 0 fully saturated rings. The van der Waals surface area contributed by atoms with E-state index in [1.807, 2.05) is 39.0 Å². The summed E-state index contributed by atoms with van der Waals surface area (Å²) in [4.78, 5) is 13.2. The molecule has 1 N–H and O–H groups in total. The Bertz CT molecular complexity index is 542. The SMILES string of the molecule is CCOc1ccc(NC(=O)C(CC(C)C)(CC(C)C)OCC)cc1C. The first-order chi connectivity index (χ1) is 11.7. The number of aryl methyl sites for hydroxylation is 1. The van der Waals surface area contributed by atoms with Gasteiger partial charge in [-0.1, -0.05) is 27.7 Å². The molecule has 0 saturated carbocycles. The summed E-state index contributed by atoms with van der Waals surface area (Å²) in [7, 11) is 0. The molecular formula is C21H35NO3. The van der Waals surface area contributed by atoms with Gasteiger partial charge in [0.2, 0.25) is 0 Å². The maximum absolute atomic E-state index is 13.2. The van der Waals surface area contributed by atoms with Gasteiger partial charge < -0.3 is 14.8 Å². The van der Waals surface area contributed by atoms with Crippen LogP contribution < -0.4 is 10.1 Å². The summed E-state index contributed by atoms with van der Waals surface area (Å²) in [6.07, 6.45) is 1.42. The van der Waals surface area contributed by atoms with E-state index in [0.29, 0.717) is 37.9 Å². The number of hydrogen-bond acceptors (Lipinski definition) is 3. The van der Waals surface area contributed by atoms with Gasteiger partial charge in [0, 0.05) is 12.3 Å². The Morgan fingerprint density at radius 3 is 2.12 bits per heavy atom. The van der Waals surface area contributed by atoms with E-state index in [1.54, 1.807) is 0 Å². The third-order valence-corrected chi connectivity index (χ3v) is 4.04. The van der Waals surface area contributed by atoms with Crippen molar-refractivity contribution in [2.45, 2.75) is 66.9 Å². The first-order valence-corrected chi connectivity index (χ1v) is 9.42. The van der Waals surface area contributed by atoms with Crippen molar-refractivity contribution in [2.75, 3.05) is 18.5 Å². The van der Waals surface area contributed by atoms with Crippen LogP contribution in [0.1, 0.15) is 59.9 Å². The Morgan fingerprint density at radius 2 is 1.68 bits per heavy atom. The Labute approximate surface area is 153 Å². The molecule has 0 spiro atoms. The fourth-order valence-electron chi connectivity index (χ4n) is 3.34. The Hall–Kier alpha value is -1.55. The van der Waals surface area contributed by atoms with Crippen LogP contribution in [0.25, 0.3) is 0 Å². The predicted octanol–water partition coefficient (Wildman–Crippen LogP) is 5.20. The second kappa shape index (κ2) is 9.81. The maximum atomic E-state index is 13.2. The lowest BCUT2D eigenvalue weighted by Gasteiger charge is -2.35. The Balaban J connectivity index is 3.05. The van der Waals surface area contributed by atoms with Gasteiger partial charge in [-0.25, -0.2) is 0 Å². The maximum Gasteiger partial charge on any atom is 0.256 e. The van der Waals surface area contributed by atoms with E-state index < -0.39 is 5.60 Å². The van der Waals surface area contributed by atoms with Crippen molar-refractivity contribution in [1.82, 2.24) is 0 Å². The lowest BCUT2D eigenvalue weighted by Crippen LogP contribution is -2.47. The standard InChI is InChI=1S/C21H35NO3/c1-8-24-19-11-10-18(12-17(19)7)22-20(23)21(25-9-2,13-15(3)4)14-16(5)6/h10-12,15-16H,8-9,13-14H2,1-7H3,(H,22,23). The molecule has 0 unspecified atom stereocenters. The number of benzene rings is 1. The molecule has 25 heavy (non-hydrogen) atoms. The Morgan fingerprint density at radius 1 is 1.08 bits per heavy atom. The highest BCUT2D eigenvalue weighted by atomic mass is 16.5. The highest BCUT2D eigenvalue weighted by Crippen LogP contribution is 2.31. The molecule has 0 heterocycles. The van der Waals surface area contributed by atoms with Crippen molar-refractivity contribution in [3.63, 3.8) is 0 Å². The average Bonchev–Trinajstić information content (AvgIpc) is 2.49. The monoisotopic (exact) mass is 349 g/mol. The van der Waals surface area contributed by atoms with Crippen molar-refractivity contribution < 1.29 is 14.3 Å². The van der Waals surface area contributed by atoms with Gasteiger partial charge in [0.1, 0.15) is 11.4 Å². The zero-order chi connectivity index (χ0) is 19.0. The van der Waals surface area contributed by atoms with Crippen LogP contribution in [0.2, 0.25) is 0 Å². The minimum Gasteiger partial charge on any atom is -0.494 e. The van der Waals surface area contributed by atoms with E-state index in [0.717, 1.165) is 17.0 Å². The van der Waals surface area contributed by atoms with E-state index >= 15 is 0 Å². The molecule has 1 rings (SSSR count). The molecule has 0 aliphatic heterocycles. The fraction of sp³-hybridized carbons (Fsp3) is 0.667.